The van der Waals surface area contributed by atoms with Gasteiger partial charge < -0.3 is 38.9 Å². The Labute approximate surface area is 119 Å². The van der Waals surface area contributed by atoms with Crippen LogP contribution in [0.15, 0.2) is 0 Å². The lowest BCUT2D eigenvalue weighted by Crippen LogP contribution is -2.35. The molecule has 0 rings (SSSR count). The van der Waals surface area contributed by atoms with Gasteiger partial charge >= 0.3 is 50.5 Å². The lowest BCUT2D eigenvalue weighted by molar-refractivity contribution is -0.182. The van der Waals surface area contributed by atoms with E-state index in [2.05, 4.69) is 18.8 Å². The largest absolute Gasteiger partial charge is 0.709 e. The molecule has 0 radical (unpaired) electrons. The van der Waals surface area contributed by atoms with Crippen molar-refractivity contribution in [3.8, 4) is 0 Å². The number of carbonyl (C=O) groups is 6. The monoisotopic (exact) mass is 322 g/mol. The highest BCUT2D eigenvalue weighted by Crippen LogP contribution is 1.93. The molecule has 0 saturated carbocycles. The minimum atomic E-state index is -2.71. The van der Waals surface area contributed by atoms with Gasteiger partial charge in [-0.15, -0.1) is 0 Å². The van der Waals surface area contributed by atoms with E-state index in [0.717, 1.165) is 0 Å². The van der Waals surface area contributed by atoms with Crippen molar-refractivity contribution in [2.45, 2.75) is 0 Å². The topological polar surface area (TPSA) is 220 Å². The Hall–Kier alpha value is -2.81. The molecule has 0 heterocycles. The lowest BCUT2D eigenvalue weighted by atomic mass is 10.3. The molecule has 0 aromatic carbocycles. The Morgan fingerprint density at radius 2 is 0.727 bits per heavy atom. The van der Waals surface area contributed by atoms with E-state index in [4.69, 9.17) is 20.1 Å². The Balaban J connectivity index is 4.47. The molecule has 0 atom stereocenters. The molecule has 22 heavy (non-hydrogen) atoms. The van der Waals surface area contributed by atoms with Crippen LogP contribution in [0.3, 0.4) is 0 Å². The molecule has 14 nitrogen and oxygen atoms in total. The van der Waals surface area contributed by atoms with Gasteiger partial charge in [0.05, 0.1) is 0 Å². The molecule has 0 bridgehead atoms. The molecule has 0 unspecified atom stereocenters. The van der Waals surface area contributed by atoms with Crippen LogP contribution in [0.2, 0.25) is 0 Å². The van der Waals surface area contributed by atoms with Crippen molar-refractivity contribution in [1.82, 2.24) is 0 Å². The van der Waals surface area contributed by atoms with E-state index in [0.29, 0.717) is 0 Å². The van der Waals surface area contributed by atoms with Crippen molar-refractivity contribution in [3.63, 3.8) is 0 Å². The van der Waals surface area contributed by atoms with Crippen LogP contribution < -0.4 is 0 Å². The summed E-state index contributed by atoms with van der Waals surface area (Å²) in [6.45, 7) is 0. The number of carbonyl (C=O) groups excluding carboxylic acids is 6. The average Bonchev–Trinajstić information content (AvgIpc) is 2.36. The third kappa shape index (κ3) is 7.10. The Bertz CT molecular complexity index is 461. The number of rotatable bonds is 2. The zero-order valence-corrected chi connectivity index (χ0v) is 10.0. The lowest BCUT2D eigenvalue weighted by Gasteiger charge is -2.03. The molecule has 0 spiro atoms. The van der Waals surface area contributed by atoms with Crippen LogP contribution in [0.25, 0.3) is 0 Å². The number of ether oxygens (including phenoxy) is 2. The highest BCUT2D eigenvalue weighted by atomic mass is 16.7. The van der Waals surface area contributed by atoms with E-state index in [-0.39, 0.29) is 0 Å². The summed E-state index contributed by atoms with van der Waals surface area (Å²) in [7, 11) is -5.41. The maximum absolute atomic E-state index is 10.9. The van der Waals surface area contributed by atoms with Gasteiger partial charge in [0, 0.05) is 0 Å². The summed E-state index contributed by atoms with van der Waals surface area (Å²) in [5.41, 5.74) is 0. The molecule has 118 valence electrons. The van der Waals surface area contributed by atoms with E-state index >= 15 is 0 Å². The first-order valence-electron chi connectivity index (χ1n) is 4.70. The second-order valence-corrected chi connectivity index (χ2v) is 2.82. The van der Waals surface area contributed by atoms with Gasteiger partial charge in [0.1, 0.15) is 0 Å². The van der Waals surface area contributed by atoms with E-state index in [1.807, 2.05) is 0 Å². The van der Waals surface area contributed by atoms with Gasteiger partial charge in [-0.25, -0.2) is 28.8 Å². The molecule has 0 aromatic heterocycles. The summed E-state index contributed by atoms with van der Waals surface area (Å²) in [5, 5.41) is 32.6. The Kier molecular flexibility index (Phi) is 7.39. The Morgan fingerprint density at radius 1 is 0.500 bits per heavy atom. The van der Waals surface area contributed by atoms with Gasteiger partial charge in [-0.1, -0.05) is 0 Å². The van der Waals surface area contributed by atoms with E-state index in [1.165, 1.54) is 0 Å². The van der Waals surface area contributed by atoms with Gasteiger partial charge in [0.15, 0.2) is 0 Å². The summed E-state index contributed by atoms with van der Waals surface area (Å²) >= 11 is 0. The summed E-state index contributed by atoms with van der Waals surface area (Å²) in [6, 6.07) is 0. The number of hydrogen-bond acceptors (Lipinski definition) is 14. The fourth-order valence-corrected chi connectivity index (χ4v) is 0.623. The molecule has 0 saturated heterocycles. The van der Waals surface area contributed by atoms with Gasteiger partial charge in [0.2, 0.25) is 0 Å². The van der Waals surface area contributed by atoms with E-state index < -0.39 is 50.5 Å². The van der Waals surface area contributed by atoms with E-state index in [1.54, 1.807) is 0 Å². The molecule has 16 heteroatoms. The second-order valence-electron chi connectivity index (χ2n) is 2.82. The van der Waals surface area contributed by atoms with Crippen molar-refractivity contribution in [2.75, 3.05) is 0 Å². The van der Waals surface area contributed by atoms with Crippen LogP contribution in [0.5, 0.6) is 0 Å². The minimum absolute atomic E-state index is 2.08. The maximum Gasteiger partial charge on any atom is 0.709 e. The molecule has 0 aliphatic heterocycles. The zero-order valence-electron chi connectivity index (χ0n) is 10.0. The molecule has 0 aromatic rings. The molecule has 0 amide bonds. The highest BCUT2D eigenvalue weighted by molar-refractivity contribution is 6.47. The second kappa shape index (κ2) is 8.47. The summed E-state index contributed by atoms with van der Waals surface area (Å²) in [4.78, 5) is 64.6. The summed E-state index contributed by atoms with van der Waals surface area (Å²) < 4.78 is 13.9. The molecular weight excluding hydrogens is 318 g/mol. The number of esters is 4. The van der Waals surface area contributed by atoms with Crippen molar-refractivity contribution < 1.29 is 67.6 Å². The quantitative estimate of drug-likeness (QED) is 0.161. The smallest absolute Gasteiger partial charge is 0.476 e. The first-order valence-corrected chi connectivity index (χ1v) is 4.70. The van der Waals surface area contributed by atoms with E-state index in [9.17, 15) is 28.8 Å². The average molecular weight is 322 g/mol. The third-order valence-corrected chi connectivity index (χ3v) is 1.30. The van der Waals surface area contributed by atoms with Crippen LogP contribution in [0.1, 0.15) is 0 Å². The standard InChI is InChI=1S/C6H4B2O14/c9-1(19-3(11)5(13)21-7(15)16)2(10)20-4(12)6(14)22-8(17)18/h15-18H. The highest BCUT2D eigenvalue weighted by Gasteiger charge is 2.33. The Morgan fingerprint density at radius 3 is 0.955 bits per heavy atom. The maximum atomic E-state index is 10.9. The molecule has 0 fully saturated rings. The van der Waals surface area contributed by atoms with Crippen LogP contribution in [0, 0.1) is 0 Å². The first-order chi connectivity index (χ1) is 10.0. The van der Waals surface area contributed by atoms with Gasteiger partial charge in [-0.2, -0.15) is 0 Å². The number of hydrogen-bond donors (Lipinski definition) is 4. The van der Waals surface area contributed by atoms with Crippen molar-refractivity contribution in [1.29, 1.82) is 0 Å². The SMILES string of the molecule is O=C(OB(O)O)C(=O)OC(=O)C(=O)OC(=O)C(=O)OB(O)O. The predicted octanol–water partition coefficient (Wildman–Crippen LogP) is -5.85. The molecular formula is C6H4B2O14. The van der Waals surface area contributed by atoms with Crippen molar-refractivity contribution >= 4 is 50.5 Å². The molecule has 0 aliphatic carbocycles. The van der Waals surface area contributed by atoms with Crippen LogP contribution in [-0.4, -0.2) is 70.6 Å². The third-order valence-electron chi connectivity index (χ3n) is 1.30. The van der Waals surface area contributed by atoms with Gasteiger partial charge in [-0.3, -0.25) is 0 Å². The van der Waals surface area contributed by atoms with Crippen molar-refractivity contribution in [2.24, 2.45) is 0 Å². The minimum Gasteiger partial charge on any atom is -0.476 e. The molecule has 0 aliphatic rings. The predicted molar refractivity (Wildman–Crippen MR) is 54.8 cm³/mol. The molecule has 4 N–H and O–H groups in total. The van der Waals surface area contributed by atoms with Crippen LogP contribution >= 0.6 is 0 Å². The van der Waals surface area contributed by atoms with Gasteiger partial charge in [0.25, 0.3) is 0 Å². The van der Waals surface area contributed by atoms with Gasteiger partial charge in [-0.05, 0) is 0 Å². The summed E-state index contributed by atoms with van der Waals surface area (Å²) in [6.07, 6.45) is 0. The zero-order chi connectivity index (χ0) is 17.4. The normalized spacial score (nSPS) is 9.09. The fourth-order valence-electron chi connectivity index (χ4n) is 0.623. The van der Waals surface area contributed by atoms with Crippen LogP contribution in [0.4, 0.5) is 0 Å². The summed E-state index contributed by atoms with van der Waals surface area (Å²) in [5.74, 6) is -13.0. The first kappa shape index (κ1) is 19.2. The fraction of sp³-hybridized carbons (Fsp3) is 0. The van der Waals surface area contributed by atoms with Crippen molar-refractivity contribution in [3.05, 3.63) is 0 Å². The van der Waals surface area contributed by atoms with Crippen LogP contribution in [-0.2, 0) is 47.5 Å².